The molecule has 4 heteroatoms. The van der Waals surface area contributed by atoms with E-state index in [1.807, 2.05) is 0 Å². The first-order chi connectivity index (χ1) is 11.9. The highest BCUT2D eigenvalue weighted by atomic mass is 35.5. The lowest BCUT2D eigenvalue weighted by molar-refractivity contribution is 0.0837. The van der Waals surface area contributed by atoms with Crippen LogP contribution in [0.1, 0.15) is 42.0 Å². The standard InChI is InChI=1S/C22H26N2.2ClH/c1-2-7-20-17(4-1)14-19-15-18(8-9-21(19)20)22(16-5-3-6-16)24-12-10-23-11-13-24;;/h1-2,4,7-9,15-16,22-23H,3,5-6,10-14H2;2*1H/t22-;;/m0../s1. The predicted octanol–water partition coefficient (Wildman–Crippen LogP) is 4.85. The van der Waals surface area contributed by atoms with Crippen molar-refractivity contribution in [3.05, 3.63) is 59.2 Å². The largest absolute Gasteiger partial charge is 0.314 e. The van der Waals surface area contributed by atoms with Gasteiger partial charge in [-0.2, -0.15) is 0 Å². The number of fused-ring (bicyclic) bond motifs is 3. The molecule has 1 saturated heterocycles. The molecule has 140 valence electrons. The summed E-state index contributed by atoms with van der Waals surface area (Å²) in [7, 11) is 0. The molecule has 3 aliphatic rings. The van der Waals surface area contributed by atoms with Crippen molar-refractivity contribution < 1.29 is 0 Å². The van der Waals surface area contributed by atoms with Gasteiger partial charge in [-0.25, -0.2) is 0 Å². The maximum Gasteiger partial charge on any atom is 0.0377 e. The van der Waals surface area contributed by atoms with Gasteiger partial charge in [0.15, 0.2) is 0 Å². The van der Waals surface area contributed by atoms with E-state index >= 15 is 0 Å². The fraction of sp³-hybridized carbons (Fsp3) is 0.455. The average Bonchev–Trinajstić information content (AvgIpc) is 2.96. The van der Waals surface area contributed by atoms with E-state index in [-0.39, 0.29) is 24.8 Å². The van der Waals surface area contributed by atoms with E-state index in [1.54, 1.807) is 5.56 Å². The van der Waals surface area contributed by atoms with Crippen LogP contribution < -0.4 is 5.32 Å². The number of nitrogens with one attached hydrogen (secondary N) is 1. The van der Waals surface area contributed by atoms with E-state index < -0.39 is 0 Å². The van der Waals surface area contributed by atoms with Gasteiger partial charge in [0.1, 0.15) is 0 Å². The van der Waals surface area contributed by atoms with Crippen LogP contribution in [-0.4, -0.2) is 31.1 Å². The average molecular weight is 391 g/mol. The van der Waals surface area contributed by atoms with Crippen molar-refractivity contribution in [3.8, 4) is 11.1 Å². The Morgan fingerprint density at radius 3 is 2.35 bits per heavy atom. The molecule has 1 heterocycles. The first kappa shape index (κ1) is 19.7. The van der Waals surface area contributed by atoms with Gasteiger partial charge in [-0.3, -0.25) is 4.90 Å². The summed E-state index contributed by atoms with van der Waals surface area (Å²) in [5.74, 6) is 0.866. The van der Waals surface area contributed by atoms with E-state index in [4.69, 9.17) is 0 Å². The molecule has 2 aromatic carbocycles. The molecule has 5 rings (SSSR count). The third-order valence-corrected chi connectivity index (χ3v) is 6.30. The summed E-state index contributed by atoms with van der Waals surface area (Å²) in [6.45, 7) is 4.66. The van der Waals surface area contributed by atoms with Gasteiger partial charge in [0.2, 0.25) is 0 Å². The fourth-order valence-electron chi connectivity index (χ4n) is 4.85. The number of benzene rings is 2. The molecular formula is C22H28Cl2N2. The summed E-state index contributed by atoms with van der Waals surface area (Å²) in [5, 5.41) is 3.51. The monoisotopic (exact) mass is 390 g/mol. The second-order valence-electron chi connectivity index (χ2n) is 7.67. The highest BCUT2D eigenvalue weighted by molar-refractivity contribution is 5.85. The van der Waals surface area contributed by atoms with Gasteiger partial charge in [0, 0.05) is 32.2 Å². The molecule has 0 bridgehead atoms. The topological polar surface area (TPSA) is 15.3 Å². The lowest BCUT2D eigenvalue weighted by atomic mass is 9.76. The molecule has 0 radical (unpaired) electrons. The maximum absolute atomic E-state index is 3.51. The predicted molar refractivity (Wildman–Crippen MR) is 114 cm³/mol. The van der Waals surface area contributed by atoms with E-state index in [1.165, 1.54) is 54.6 Å². The number of halogens is 2. The van der Waals surface area contributed by atoms with Crippen molar-refractivity contribution in [1.29, 1.82) is 0 Å². The fourth-order valence-corrected chi connectivity index (χ4v) is 4.85. The number of piperazine rings is 1. The molecule has 2 nitrogen and oxygen atoms in total. The molecule has 0 unspecified atom stereocenters. The zero-order valence-electron chi connectivity index (χ0n) is 15.1. The Bertz CT molecular complexity index is 752. The zero-order chi connectivity index (χ0) is 15.9. The second kappa shape index (κ2) is 8.31. The minimum absolute atomic E-state index is 0. The molecule has 0 aromatic heterocycles. The van der Waals surface area contributed by atoms with Crippen molar-refractivity contribution in [3.63, 3.8) is 0 Å². The number of hydrogen-bond donors (Lipinski definition) is 1. The SMILES string of the molecule is Cl.Cl.c1ccc2c(c1)Cc1cc([C@H](C3CCC3)N3CCNCC3)ccc1-2. The van der Waals surface area contributed by atoms with Gasteiger partial charge < -0.3 is 5.32 Å². The maximum atomic E-state index is 3.51. The van der Waals surface area contributed by atoms with Crippen LogP contribution in [0.25, 0.3) is 11.1 Å². The van der Waals surface area contributed by atoms with Gasteiger partial charge in [0.05, 0.1) is 0 Å². The van der Waals surface area contributed by atoms with Crippen molar-refractivity contribution in [2.45, 2.75) is 31.7 Å². The van der Waals surface area contributed by atoms with Crippen molar-refractivity contribution >= 4 is 24.8 Å². The van der Waals surface area contributed by atoms with E-state index in [2.05, 4.69) is 52.7 Å². The van der Waals surface area contributed by atoms with Crippen LogP contribution in [0.15, 0.2) is 42.5 Å². The van der Waals surface area contributed by atoms with Crippen molar-refractivity contribution in [1.82, 2.24) is 10.2 Å². The van der Waals surface area contributed by atoms with E-state index in [9.17, 15) is 0 Å². The Morgan fingerprint density at radius 1 is 0.885 bits per heavy atom. The molecule has 1 N–H and O–H groups in total. The summed E-state index contributed by atoms with van der Waals surface area (Å²) in [6, 6.07) is 16.9. The van der Waals surface area contributed by atoms with Crippen molar-refractivity contribution in [2.75, 3.05) is 26.2 Å². The third-order valence-electron chi connectivity index (χ3n) is 6.30. The Morgan fingerprint density at radius 2 is 1.62 bits per heavy atom. The van der Waals surface area contributed by atoms with Gasteiger partial charge >= 0.3 is 0 Å². The molecule has 2 aliphatic carbocycles. The summed E-state index contributed by atoms with van der Waals surface area (Å²) in [5.41, 5.74) is 7.50. The Hall–Kier alpha value is -1.06. The van der Waals surface area contributed by atoms with E-state index in [0.29, 0.717) is 6.04 Å². The lowest BCUT2D eigenvalue weighted by Crippen LogP contribution is -2.47. The van der Waals surface area contributed by atoms with Crippen LogP contribution in [0.3, 0.4) is 0 Å². The summed E-state index contributed by atoms with van der Waals surface area (Å²) >= 11 is 0. The van der Waals surface area contributed by atoms with Crippen LogP contribution in [0.4, 0.5) is 0 Å². The van der Waals surface area contributed by atoms with E-state index in [0.717, 1.165) is 25.4 Å². The Balaban J connectivity index is 0.000000980. The second-order valence-corrected chi connectivity index (χ2v) is 7.67. The summed E-state index contributed by atoms with van der Waals surface area (Å²) in [6.07, 6.45) is 5.35. The normalized spacial score (nSPS) is 20.2. The van der Waals surface area contributed by atoms with Gasteiger partial charge in [-0.05, 0) is 53.0 Å². The molecule has 1 aliphatic heterocycles. The highest BCUT2D eigenvalue weighted by Gasteiger charge is 2.34. The third kappa shape index (κ3) is 3.41. The summed E-state index contributed by atoms with van der Waals surface area (Å²) < 4.78 is 0. The summed E-state index contributed by atoms with van der Waals surface area (Å²) in [4.78, 5) is 2.74. The van der Waals surface area contributed by atoms with Gasteiger partial charge in [0.25, 0.3) is 0 Å². The zero-order valence-corrected chi connectivity index (χ0v) is 16.7. The minimum atomic E-state index is 0. The Kier molecular flexibility index (Phi) is 6.29. The lowest BCUT2D eigenvalue weighted by Gasteiger charge is -2.43. The van der Waals surface area contributed by atoms with Crippen molar-refractivity contribution in [2.24, 2.45) is 5.92 Å². The molecule has 1 saturated carbocycles. The smallest absolute Gasteiger partial charge is 0.0377 e. The first-order valence-corrected chi connectivity index (χ1v) is 9.56. The molecular weight excluding hydrogens is 363 g/mol. The number of nitrogens with zero attached hydrogens (tertiary/aromatic N) is 1. The van der Waals surface area contributed by atoms with Gasteiger partial charge in [-0.15, -0.1) is 24.8 Å². The van der Waals surface area contributed by atoms with Crippen LogP contribution >= 0.6 is 24.8 Å². The van der Waals surface area contributed by atoms with Crippen LogP contribution in [0, 0.1) is 5.92 Å². The van der Waals surface area contributed by atoms with Crippen LogP contribution in [0.2, 0.25) is 0 Å². The minimum Gasteiger partial charge on any atom is -0.314 e. The Labute approximate surface area is 169 Å². The molecule has 0 amide bonds. The number of rotatable bonds is 3. The van der Waals surface area contributed by atoms with Crippen LogP contribution in [0.5, 0.6) is 0 Å². The molecule has 1 atom stereocenters. The van der Waals surface area contributed by atoms with Gasteiger partial charge in [-0.1, -0.05) is 48.9 Å². The highest BCUT2D eigenvalue weighted by Crippen LogP contribution is 2.44. The van der Waals surface area contributed by atoms with Crippen LogP contribution in [-0.2, 0) is 6.42 Å². The number of hydrogen-bond acceptors (Lipinski definition) is 2. The quantitative estimate of drug-likeness (QED) is 0.687. The first-order valence-electron chi connectivity index (χ1n) is 9.56. The molecule has 26 heavy (non-hydrogen) atoms. The molecule has 0 spiro atoms. The molecule has 2 fully saturated rings. The molecule has 2 aromatic rings.